The van der Waals surface area contributed by atoms with Crippen molar-refractivity contribution in [3.05, 3.63) is 29.3 Å². The molecule has 1 rings (SSSR count). The van der Waals surface area contributed by atoms with Gasteiger partial charge in [0.15, 0.2) is 0 Å². The molecular weight excluding hydrogens is 210 g/mol. The van der Waals surface area contributed by atoms with E-state index in [9.17, 15) is 0 Å². The summed E-state index contributed by atoms with van der Waals surface area (Å²) in [6.45, 7) is 6.78. The summed E-state index contributed by atoms with van der Waals surface area (Å²) < 4.78 is 0. The Balaban J connectivity index is 3.06. The fourth-order valence-corrected chi connectivity index (χ4v) is 1.91. The maximum Gasteiger partial charge on any atom is 0.101 e. The molecule has 0 aliphatic heterocycles. The molecule has 3 N–H and O–H groups in total. The zero-order valence-electron chi connectivity index (χ0n) is 10.9. The monoisotopic (exact) mass is 231 g/mol. The molecule has 0 aromatic heterocycles. The number of anilines is 1. The predicted molar refractivity (Wildman–Crippen MR) is 71.9 cm³/mol. The Hall–Kier alpha value is -1.53. The van der Waals surface area contributed by atoms with Crippen LogP contribution >= 0.6 is 0 Å². The average Bonchev–Trinajstić information content (AvgIpc) is 2.37. The largest absolute Gasteiger partial charge is 0.377 e. The minimum absolute atomic E-state index is 0.110. The zero-order chi connectivity index (χ0) is 12.9. The van der Waals surface area contributed by atoms with Gasteiger partial charge < -0.3 is 11.1 Å². The van der Waals surface area contributed by atoms with Crippen molar-refractivity contribution in [3.63, 3.8) is 0 Å². The van der Waals surface area contributed by atoms with Gasteiger partial charge in [-0.2, -0.15) is 5.26 Å². The lowest BCUT2D eigenvalue weighted by Crippen LogP contribution is -2.44. The van der Waals surface area contributed by atoms with Crippen LogP contribution in [0.4, 0.5) is 5.69 Å². The summed E-state index contributed by atoms with van der Waals surface area (Å²) in [5.41, 5.74) is 8.40. The Kier molecular flexibility index (Phi) is 4.53. The number of rotatable bonds is 5. The van der Waals surface area contributed by atoms with Gasteiger partial charge in [-0.25, -0.2) is 0 Å². The lowest BCUT2D eigenvalue weighted by atomic mass is 9.92. The average molecular weight is 231 g/mol. The van der Waals surface area contributed by atoms with Gasteiger partial charge in [-0.1, -0.05) is 19.9 Å². The maximum absolute atomic E-state index is 9.14. The molecular formula is C14H21N3. The standard InChI is InChI=1S/C14H21N3/c1-4-14(5-2,10-16)17-13-7-6-11(3)8-12(13)9-15/h6-8,17H,4-5,10,16H2,1-3H3. The second-order valence-corrected chi connectivity index (χ2v) is 4.48. The second-order valence-electron chi connectivity index (χ2n) is 4.48. The molecule has 0 saturated carbocycles. The third kappa shape index (κ3) is 2.98. The summed E-state index contributed by atoms with van der Waals surface area (Å²) in [5, 5.41) is 12.6. The van der Waals surface area contributed by atoms with Crippen LogP contribution in [0.5, 0.6) is 0 Å². The molecule has 17 heavy (non-hydrogen) atoms. The predicted octanol–water partition coefficient (Wildman–Crippen LogP) is 2.80. The molecule has 0 unspecified atom stereocenters. The van der Waals surface area contributed by atoms with Crippen molar-refractivity contribution in [2.24, 2.45) is 5.73 Å². The lowest BCUT2D eigenvalue weighted by Gasteiger charge is -2.33. The van der Waals surface area contributed by atoms with Gasteiger partial charge in [0, 0.05) is 12.1 Å². The van der Waals surface area contributed by atoms with Crippen LogP contribution in [-0.2, 0) is 0 Å². The molecule has 0 spiro atoms. The Labute approximate surface area is 104 Å². The van der Waals surface area contributed by atoms with Crippen molar-refractivity contribution in [1.82, 2.24) is 0 Å². The van der Waals surface area contributed by atoms with E-state index in [1.807, 2.05) is 25.1 Å². The van der Waals surface area contributed by atoms with Gasteiger partial charge in [-0.15, -0.1) is 0 Å². The van der Waals surface area contributed by atoms with Crippen molar-refractivity contribution in [3.8, 4) is 6.07 Å². The van der Waals surface area contributed by atoms with E-state index in [4.69, 9.17) is 11.0 Å². The lowest BCUT2D eigenvalue weighted by molar-refractivity contribution is 0.445. The molecule has 0 aliphatic rings. The van der Waals surface area contributed by atoms with Gasteiger partial charge >= 0.3 is 0 Å². The molecule has 0 atom stereocenters. The number of nitriles is 1. The van der Waals surface area contributed by atoms with Gasteiger partial charge in [0.05, 0.1) is 11.3 Å². The molecule has 0 bridgehead atoms. The number of hydrogen-bond donors (Lipinski definition) is 2. The van der Waals surface area contributed by atoms with Gasteiger partial charge in [0.25, 0.3) is 0 Å². The molecule has 0 amide bonds. The number of nitrogens with one attached hydrogen (secondary N) is 1. The molecule has 1 aromatic carbocycles. The van der Waals surface area contributed by atoms with Crippen molar-refractivity contribution in [2.75, 3.05) is 11.9 Å². The van der Waals surface area contributed by atoms with Crippen molar-refractivity contribution < 1.29 is 0 Å². The number of hydrogen-bond acceptors (Lipinski definition) is 3. The second kappa shape index (κ2) is 5.70. The van der Waals surface area contributed by atoms with Crippen LogP contribution in [0.1, 0.15) is 37.8 Å². The summed E-state index contributed by atoms with van der Waals surface area (Å²) >= 11 is 0. The van der Waals surface area contributed by atoms with E-state index in [1.165, 1.54) is 0 Å². The number of nitrogens with two attached hydrogens (primary N) is 1. The fourth-order valence-electron chi connectivity index (χ4n) is 1.91. The highest BCUT2D eigenvalue weighted by molar-refractivity contribution is 5.59. The van der Waals surface area contributed by atoms with E-state index < -0.39 is 0 Å². The Morgan fingerprint density at radius 1 is 1.35 bits per heavy atom. The van der Waals surface area contributed by atoms with Crippen LogP contribution in [0.2, 0.25) is 0 Å². The maximum atomic E-state index is 9.14. The first-order valence-electron chi connectivity index (χ1n) is 6.09. The van der Waals surface area contributed by atoms with Crippen molar-refractivity contribution >= 4 is 5.69 Å². The van der Waals surface area contributed by atoms with Crippen molar-refractivity contribution in [2.45, 2.75) is 39.2 Å². The summed E-state index contributed by atoms with van der Waals surface area (Å²) in [6, 6.07) is 8.10. The van der Waals surface area contributed by atoms with E-state index in [0.29, 0.717) is 12.1 Å². The van der Waals surface area contributed by atoms with Gasteiger partial charge in [0.2, 0.25) is 0 Å². The summed E-state index contributed by atoms with van der Waals surface area (Å²) in [6.07, 6.45) is 1.89. The Morgan fingerprint density at radius 3 is 2.47 bits per heavy atom. The van der Waals surface area contributed by atoms with E-state index in [2.05, 4.69) is 25.2 Å². The van der Waals surface area contributed by atoms with Crippen LogP contribution in [0.25, 0.3) is 0 Å². The molecule has 0 aliphatic carbocycles. The first kappa shape index (κ1) is 13.5. The van der Waals surface area contributed by atoms with E-state index in [1.54, 1.807) is 0 Å². The van der Waals surface area contributed by atoms with E-state index in [-0.39, 0.29) is 5.54 Å². The van der Waals surface area contributed by atoms with Crippen molar-refractivity contribution in [1.29, 1.82) is 5.26 Å². The summed E-state index contributed by atoms with van der Waals surface area (Å²) in [5.74, 6) is 0. The highest BCUT2D eigenvalue weighted by Crippen LogP contribution is 2.24. The van der Waals surface area contributed by atoms with Crippen LogP contribution in [-0.4, -0.2) is 12.1 Å². The molecule has 3 nitrogen and oxygen atoms in total. The van der Waals surface area contributed by atoms with Crippen LogP contribution in [0, 0.1) is 18.3 Å². The third-order valence-electron chi connectivity index (χ3n) is 3.44. The highest BCUT2D eigenvalue weighted by Gasteiger charge is 2.24. The normalized spacial score (nSPS) is 11.0. The number of benzene rings is 1. The van der Waals surface area contributed by atoms with Gasteiger partial charge in [-0.05, 0) is 37.5 Å². The zero-order valence-corrected chi connectivity index (χ0v) is 10.9. The molecule has 0 radical (unpaired) electrons. The van der Waals surface area contributed by atoms with E-state index >= 15 is 0 Å². The minimum Gasteiger partial charge on any atom is -0.377 e. The third-order valence-corrected chi connectivity index (χ3v) is 3.44. The quantitative estimate of drug-likeness (QED) is 0.819. The summed E-state index contributed by atoms with van der Waals surface area (Å²) in [4.78, 5) is 0. The van der Waals surface area contributed by atoms with Crippen LogP contribution in [0.3, 0.4) is 0 Å². The first-order chi connectivity index (χ1) is 8.10. The Bertz CT molecular complexity index is 406. The fraction of sp³-hybridized carbons (Fsp3) is 0.500. The molecule has 1 aromatic rings. The number of nitrogens with zero attached hydrogens (tertiary/aromatic N) is 1. The van der Waals surface area contributed by atoms with E-state index in [0.717, 1.165) is 24.1 Å². The SMILES string of the molecule is CCC(CC)(CN)Nc1ccc(C)cc1C#N. The smallest absolute Gasteiger partial charge is 0.101 e. The highest BCUT2D eigenvalue weighted by atomic mass is 15.0. The van der Waals surface area contributed by atoms with Crippen LogP contribution in [0.15, 0.2) is 18.2 Å². The topological polar surface area (TPSA) is 61.8 Å². The molecule has 3 heteroatoms. The first-order valence-corrected chi connectivity index (χ1v) is 6.09. The molecule has 92 valence electrons. The minimum atomic E-state index is -0.110. The van der Waals surface area contributed by atoms with Gasteiger partial charge in [-0.3, -0.25) is 0 Å². The molecule has 0 heterocycles. The molecule has 0 fully saturated rings. The number of aryl methyl sites for hydroxylation is 1. The Morgan fingerprint density at radius 2 is 2.00 bits per heavy atom. The van der Waals surface area contributed by atoms with Crippen LogP contribution < -0.4 is 11.1 Å². The molecule has 0 saturated heterocycles. The summed E-state index contributed by atoms with van der Waals surface area (Å²) in [7, 11) is 0. The van der Waals surface area contributed by atoms with Gasteiger partial charge in [0.1, 0.15) is 6.07 Å².